The van der Waals surface area contributed by atoms with Gasteiger partial charge in [0.1, 0.15) is 5.60 Å². The monoisotopic (exact) mass is 588 g/mol. The molecule has 0 aromatic heterocycles. The summed E-state index contributed by atoms with van der Waals surface area (Å²) >= 11 is 4.91. The van der Waals surface area contributed by atoms with Crippen LogP contribution in [-0.4, -0.2) is 48.7 Å². The normalized spacial score (nSPS) is 13.7. The highest BCUT2D eigenvalue weighted by molar-refractivity contribution is 9.10. The Morgan fingerprint density at radius 1 is 1.16 bits per heavy atom. The van der Waals surface area contributed by atoms with Crippen LogP contribution in [0.1, 0.15) is 51.2 Å². The second-order valence-electron chi connectivity index (χ2n) is 9.90. The molecule has 1 aliphatic rings. The molecule has 2 aromatic carbocycles. The zero-order valence-electron chi connectivity index (χ0n) is 22.1. The van der Waals surface area contributed by atoms with Crippen LogP contribution in [0.5, 0.6) is 0 Å². The number of nitriles is 1. The number of halogens is 1. The summed E-state index contributed by atoms with van der Waals surface area (Å²) in [4.78, 5) is 27.0. The van der Waals surface area contributed by atoms with Crippen LogP contribution in [0.2, 0.25) is 0 Å². The van der Waals surface area contributed by atoms with Crippen molar-refractivity contribution in [2.24, 2.45) is 5.92 Å². The number of rotatable bonds is 7. The van der Waals surface area contributed by atoms with Crippen molar-refractivity contribution in [3.8, 4) is 6.07 Å². The van der Waals surface area contributed by atoms with Crippen LogP contribution in [-0.2, 0) is 9.53 Å². The number of carbonyl (C=O) groups is 2. The van der Waals surface area contributed by atoms with Gasteiger partial charge in [0, 0.05) is 29.0 Å². The van der Waals surface area contributed by atoms with Crippen LogP contribution in [0.15, 0.2) is 57.9 Å². The first-order valence-electron chi connectivity index (χ1n) is 12.4. The molecule has 7 nitrogen and oxygen atoms in total. The number of piperidine rings is 1. The number of likely N-dealkylation sites (tertiary alicyclic amines) is 1. The Balaban J connectivity index is 0.000000449. The molecular formula is C28H37BrN4O3S. The number of hydrogen-bond acceptors (Lipinski definition) is 6. The van der Waals surface area contributed by atoms with Crippen LogP contribution >= 0.6 is 27.9 Å². The predicted octanol–water partition coefficient (Wildman–Crippen LogP) is 6.07. The molecule has 200 valence electrons. The largest absolute Gasteiger partial charge is 0.444 e. The average Bonchev–Trinajstić information content (AvgIpc) is 2.84. The van der Waals surface area contributed by atoms with Gasteiger partial charge in [0.2, 0.25) is 5.91 Å². The second kappa shape index (κ2) is 15.7. The van der Waals surface area contributed by atoms with E-state index in [1.165, 1.54) is 11.9 Å². The maximum atomic E-state index is 12.4. The fourth-order valence-electron chi connectivity index (χ4n) is 3.70. The van der Waals surface area contributed by atoms with Gasteiger partial charge in [-0.1, -0.05) is 34.1 Å². The van der Waals surface area contributed by atoms with Gasteiger partial charge in [-0.15, -0.1) is 0 Å². The first kappa shape index (κ1) is 30.7. The maximum absolute atomic E-state index is 12.4. The Morgan fingerprint density at radius 2 is 1.86 bits per heavy atom. The zero-order valence-corrected chi connectivity index (χ0v) is 24.5. The highest BCUT2D eigenvalue weighted by atomic mass is 79.9. The molecule has 2 aromatic rings. The number of benzene rings is 2. The lowest BCUT2D eigenvalue weighted by Crippen LogP contribution is -2.42. The van der Waals surface area contributed by atoms with Gasteiger partial charge in [0.15, 0.2) is 0 Å². The lowest BCUT2D eigenvalue weighted by molar-refractivity contribution is -0.131. The molecule has 0 bridgehead atoms. The fraction of sp³-hybridized carbons (Fsp3) is 0.464. The minimum Gasteiger partial charge on any atom is -0.444 e. The van der Waals surface area contributed by atoms with Gasteiger partial charge in [-0.2, -0.15) is 5.26 Å². The summed E-state index contributed by atoms with van der Waals surface area (Å²) in [6.07, 6.45) is 2.49. The molecule has 1 saturated heterocycles. The number of nitrogens with zero attached hydrogens (tertiary/aromatic N) is 2. The lowest BCUT2D eigenvalue weighted by Gasteiger charge is -2.32. The molecule has 9 heteroatoms. The second-order valence-corrected chi connectivity index (χ2v) is 11.8. The molecule has 0 unspecified atom stereocenters. The van der Waals surface area contributed by atoms with E-state index in [2.05, 4.69) is 32.0 Å². The van der Waals surface area contributed by atoms with Gasteiger partial charge < -0.3 is 15.0 Å². The van der Waals surface area contributed by atoms with E-state index >= 15 is 0 Å². The molecule has 0 radical (unpaired) electrons. The van der Waals surface area contributed by atoms with Crippen molar-refractivity contribution in [1.82, 2.24) is 14.9 Å². The van der Waals surface area contributed by atoms with Gasteiger partial charge in [-0.25, -0.2) is 4.79 Å². The number of ether oxygens (including phenoxy) is 1. The number of alkyl carbamates (subject to hydrolysis) is 1. The topological polar surface area (TPSA) is 94.5 Å². The number of hydrogen-bond donors (Lipinski definition) is 2. The minimum atomic E-state index is -0.473. The van der Waals surface area contributed by atoms with Gasteiger partial charge in [0.25, 0.3) is 0 Å². The third kappa shape index (κ3) is 13.0. The third-order valence-corrected chi connectivity index (χ3v) is 6.82. The van der Waals surface area contributed by atoms with Crippen LogP contribution in [0.25, 0.3) is 0 Å². The number of nitrogens with one attached hydrogen (secondary N) is 2. The van der Waals surface area contributed by atoms with Crippen molar-refractivity contribution in [1.29, 1.82) is 5.26 Å². The SMILES string of the molecule is CC(C)(C)OC(=O)NCCC1CCN(C(=O)CNSc2cccc(Br)c2)CC1.Cc1cccc(C#N)c1. The standard InChI is InChI=1S/C20H30BrN3O3S.C8H7N/c1-20(2,3)27-19(26)22-10-7-15-8-11-24(12-9-15)18(25)14-23-28-17-6-4-5-16(21)13-17;1-7-3-2-4-8(5-7)6-9/h4-6,13,15,23H,7-12,14H2,1-3H3,(H,22,26);2-5H,1H3. The van der Waals surface area contributed by atoms with Crippen molar-refractivity contribution >= 4 is 39.9 Å². The molecule has 0 saturated carbocycles. The van der Waals surface area contributed by atoms with E-state index in [4.69, 9.17) is 10.00 Å². The van der Waals surface area contributed by atoms with Crippen LogP contribution in [0, 0.1) is 24.2 Å². The number of amides is 2. The summed E-state index contributed by atoms with van der Waals surface area (Å²) in [7, 11) is 0. The molecule has 0 spiro atoms. The van der Waals surface area contributed by atoms with E-state index < -0.39 is 5.60 Å². The van der Waals surface area contributed by atoms with Gasteiger partial charge in [-0.05, 0) is 101 Å². The molecule has 2 amide bonds. The van der Waals surface area contributed by atoms with E-state index in [0.29, 0.717) is 19.0 Å². The molecule has 1 aliphatic heterocycles. The van der Waals surface area contributed by atoms with Gasteiger partial charge in [-0.3, -0.25) is 9.52 Å². The van der Waals surface area contributed by atoms with Crippen LogP contribution in [0.4, 0.5) is 4.79 Å². The molecule has 1 fully saturated rings. The van der Waals surface area contributed by atoms with E-state index in [1.54, 1.807) is 6.07 Å². The molecule has 0 aliphatic carbocycles. The highest BCUT2D eigenvalue weighted by Crippen LogP contribution is 2.21. The molecule has 0 atom stereocenters. The summed E-state index contributed by atoms with van der Waals surface area (Å²) in [6.45, 7) is 10.0. The van der Waals surface area contributed by atoms with Crippen LogP contribution < -0.4 is 10.0 Å². The van der Waals surface area contributed by atoms with Gasteiger partial charge >= 0.3 is 6.09 Å². The highest BCUT2D eigenvalue weighted by Gasteiger charge is 2.23. The van der Waals surface area contributed by atoms with Crippen molar-refractivity contribution in [2.45, 2.75) is 57.5 Å². The maximum Gasteiger partial charge on any atom is 0.407 e. The Hall–Kier alpha value is -2.54. The molecular weight excluding hydrogens is 552 g/mol. The van der Waals surface area contributed by atoms with E-state index in [0.717, 1.165) is 52.8 Å². The van der Waals surface area contributed by atoms with Crippen molar-refractivity contribution in [3.05, 3.63) is 64.1 Å². The van der Waals surface area contributed by atoms with Crippen molar-refractivity contribution in [2.75, 3.05) is 26.2 Å². The quantitative estimate of drug-likeness (QED) is 0.381. The Morgan fingerprint density at radius 3 is 2.46 bits per heavy atom. The summed E-state index contributed by atoms with van der Waals surface area (Å²) in [6, 6.07) is 17.5. The molecule has 1 heterocycles. The van der Waals surface area contributed by atoms with Crippen LogP contribution in [0.3, 0.4) is 0 Å². The molecule has 37 heavy (non-hydrogen) atoms. The van der Waals surface area contributed by atoms with E-state index in [-0.39, 0.29) is 12.0 Å². The summed E-state index contributed by atoms with van der Waals surface area (Å²) in [5, 5.41) is 11.2. The fourth-order valence-corrected chi connectivity index (χ4v) is 4.95. The van der Waals surface area contributed by atoms with Gasteiger partial charge in [0.05, 0.1) is 18.2 Å². The number of carbonyl (C=O) groups excluding carboxylic acids is 2. The molecule has 2 N–H and O–H groups in total. The number of aryl methyl sites for hydroxylation is 1. The summed E-state index contributed by atoms with van der Waals surface area (Å²) in [5.41, 5.74) is 1.39. The Labute approximate surface area is 233 Å². The summed E-state index contributed by atoms with van der Waals surface area (Å²) in [5.74, 6) is 0.663. The van der Waals surface area contributed by atoms with Crippen molar-refractivity contribution in [3.63, 3.8) is 0 Å². The lowest BCUT2D eigenvalue weighted by atomic mass is 9.93. The predicted molar refractivity (Wildman–Crippen MR) is 152 cm³/mol. The van der Waals surface area contributed by atoms with E-state index in [9.17, 15) is 9.59 Å². The first-order chi connectivity index (χ1) is 17.6. The smallest absolute Gasteiger partial charge is 0.407 e. The Bertz CT molecular complexity index is 1060. The average molecular weight is 590 g/mol. The molecule has 3 rings (SSSR count). The Kier molecular flexibility index (Phi) is 13.0. The third-order valence-electron chi connectivity index (χ3n) is 5.54. The van der Waals surface area contributed by atoms with Crippen molar-refractivity contribution < 1.29 is 14.3 Å². The van der Waals surface area contributed by atoms with E-state index in [1.807, 2.05) is 75.1 Å². The first-order valence-corrected chi connectivity index (χ1v) is 14.0. The summed E-state index contributed by atoms with van der Waals surface area (Å²) < 4.78 is 9.40. The zero-order chi connectivity index (χ0) is 27.3. The minimum absolute atomic E-state index is 0.132.